The standard InChI is InChI=1S/C19H21F3N2O3S/c20-19(21,22)18-16(10-25)9-24(23-18)8-12-1-2-14-6-13(7-15(14)5-12)11-28(26,27)17-3-4-17/h1-2,5,9,13,17,25H,3-4,6-8,10-11H2/t13-/m0/s1. The number of sulfone groups is 1. The molecular formula is C19H21F3N2O3S. The van der Waals surface area contributed by atoms with Gasteiger partial charge in [-0.1, -0.05) is 18.2 Å². The fourth-order valence-electron chi connectivity index (χ4n) is 3.96. The summed E-state index contributed by atoms with van der Waals surface area (Å²) in [6, 6.07) is 5.69. The quantitative estimate of drug-likeness (QED) is 0.789. The van der Waals surface area contributed by atoms with Gasteiger partial charge in [-0.05, 0) is 48.3 Å². The third kappa shape index (κ3) is 3.96. The van der Waals surface area contributed by atoms with Crippen molar-refractivity contribution in [2.75, 3.05) is 5.75 Å². The van der Waals surface area contributed by atoms with E-state index in [0.717, 1.165) is 36.0 Å². The van der Waals surface area contributed by atoms with Crippen LogP contribution in [0.2, 0.25) is 0 Å². The van der Waals surface area contributed by atoms with Crippen molar-refractivity contribution in [3.05, 3.63) is 52.3 Å². The van der Waals surface area contributed by atoms with E-state index in [2.05, 4.69) is 5.10 Å². The van der Waals surface area contributed by atoms with Crippen LogP contribution in [-0.4, -0.2) is 34.3 Å². The number of aromatic nitrogens is 2. The molecule has 0 spiro atoms. The highest BCUT2D eigenvalue weighted by atomic mass is 32.2. The summed E-state index contributed by atoms with van der Waals surface area (Å²) in [5.41, 5.74) is 1.64. The van der Waals surface area contributed by atoms with Gasteiger partial charge in [-0.2, -0.15) is 18.3 Å². The van der Waals surface area contributed by atoms with Crippen LogP contribution >= 0.6 is 0 Å². The molecule has 1 aromatic heterocycles. The van der Waals surface area contributed by atoms with E-state index in [1.54, 1.807) is 0 Å². The molecule has 2 aromatic rings. The normalized spacial score (nSPS) is 19.8. The van der Waals surface area contributed by atoms with Crippen LogP contribution in [0, 0.1) is 5.92 Å². The maximum atomic E-state index is 13.0. The maximum absolute atomic E-state index is 13.0. The summed E-state index contributed by atoms with van der Waals surface area (Å²) in [5.74, 6) is 0.272. The van der Waals surface area contributed by atoms with E-state index in [-0.39, 0.29) is 29.0 Å². The number of nitrogens with zero attached hydrogens (tertiary/aromatic N) is 2. The highest BCUT2D eigenvalue weighted by molar-refractivity contribution is 7.92. The first-order valence-corrected chi connectivity index (χ1v) is 10.9. The van der Waals surface area contributed by atoms with Gasteiger partial charge in [0.1, 0.15) is 0 Å². The molecule has 0 radical (unpaired) electrons. The maximum Gasteiger partial charge on any atom is 0.435 e. The van der Waals surface area contributed by atoms with Gasteiger partial charge < -0.3 is 5.11 Å². The van der Waals surface area contributed by atoms with Gasteiger partial charge in [0, 0.05) is 11.8 Å². The van der Waals surface area contributed by atoms with Gasteiger partial charge >= 0.3 is 6.18 Å². The molecule has 1 aromatic carbocycles. The Morgan fingerprint density at radius 2 is 1.89 bits per heavy atom. The summed E-state index contributed by atoms with van der Waals surface area (Å²) in [7, 11) is -3.01. The van der Waals surface area contributed by atoms with Crippen molar-refractivity contribution in [1.29, 1.82) is 0 Å². The molecule has 5 nitrogen and oxygen atoms in total. The molecule has 0 saturated heterocycles. The molecule has 1 saturated carbocycles. The van der Waals surface area contributed by atoms with Gasteiger partial charge in [-0.25, -0.2) is 8.42 Å². The molecule has 1 N–H and O–H groups in total. The van der Waals surface area contributed by atoms with E-state index in [1.807, 2.05) is 18.2 Å². The number of rotatable bonds is 6. The predicted octanol–water partition coefficient (Wildman–Crippen LogP) is 2.73. The van der Waals surface area contributed by atoms with Crippen molar-refractivity contribution in [3.8, 4) is 0 Å². The Labute approximate surface area is 161 Å². The number of aliphatic hydroxyl groups excluding tert-OH is 1. The monoisotopic (exact) mass is 414 g/mol. The van der Waals surface area contributed by atoms with Crippen molar-refractivity contribution in [3.63, 3.8) is 0 Å². The molecule has 1 heterocycles. The highest BCUT2D eigenvalue weighted by Gasteiger charge is 2.38. The van der Waals surface area contributed by atoms with Crippen LogP contribution in [0.4, 0.5) is 13.2 Å². The van der Waals surface area contributed by atoms with Crippen LogP contribution in [0.3, 0.4) is 0 Å². The van der Waals surface area contributed by atoms with Gasteiger partial charge in [0.05, 0.1) is 24.2 Å². The van der Waals surface area contributed by atoms with Crippen LogP contribution in [0.15, 0.2) is 24.4 Å². The lowest BCUT2D eigenvalue weighted by Gasteiger charge is -2.08. The number of halogens is 3. The molecule has 0 aliphatic heterocycles. The van der Waals surface area contributed by atoms with E-state index in [1.165, 1.54) is 10.9 Å². The number of alkyl halides is 3. The number of benzene rings is 1. The van der Waals surface area contributed by atoms with Crippen LogP contribution in [0.25, 0.3) is 0 Å². The summed E-state index contributed by atoms with van der Waals surface area (Å²) in [6.07, 6.45) is -0.472. The molecule has 1 atom stereocenters. The molecule has 0 unspecified atom stereocenters. The molecular weight excluding hydrogens is 393 g/mol. The molecule has 2 aliphatic rings. The summed E-state index contributed by atoms with van der Waals surface area (Å²) in [4.78, 5) is 0. The minimum absolute atomic E-state index is 0.0679. The van der Waals surface area contributed by atoms with Gasteiger partial charge in [0.15, 0.2) is 15.5 Å². The van der Waals surface area contributed by atoms with Crippen molar-refractivity contribution >= 4 is 9.84 Å². The molecule has 0 amide bonds. The summed E-state index contributed by atoms with van der Waals surface area (Å²) in [6.45, 7) is -0.572. The van der Waals surface area contributed by atoms with E-state index in [0.29, 0.717) is 6.42 Å². The molecule has 152 valence electrons. The predicted molar refractivity (Wildman–Crippen MR) is 96.4 cm³/mol. The Hall–Kier alpha value is -1.87. The van der Waals surface area contributed by atoms with Gasteiger partial charge in [0.2, 0.25) is 0 Å². The van der Waals surface area contributed by atoms with Crippen molar-refractivity contribution in [2.24, 2.45) is 5.92 Å². The van der Waals surface area contributed by atoms with Crippen LogP contribution in [0.5, 0.6) is 0 Å². The zero-order valence-corrected chi connectivity index (χ0v) is 15.9. The first-order chi connectivity index (χ1) is 13.2. The van der Waals surface area contributed by atoms with E-state index < -0.39 is 28.3 Å². The molecule has 28 heavy (non-hydrogen) atoms. The first kappa shape index (κ1) is 19.4. The number of hydrogen-bond acceptors (Lipinski definition) is 4. The summed E-state index contributed by atoms with van der Waals surface area (Å²) < 4.78 is 64.5. The Bertz CT molecular complexity index is 994. The zero-order chi connectivity index (χ0) is 20.1. The molecule has 4 rings (SSSR count). The largest absolute Gasteiger partial charge is 0.435 e. The van der Waals surface area contributed by atoms with E-state index >= 15 is 0 Å². The summed E-state index contributed by atoms with van der Waals surface area (Å²) in [5, 5.41) is 12.6. The third-order valence-electron chi connectivity index (χ3n) is 5.41. The molecule has 1 fully saturated rings. The fourth-order valence-corrected chi connectivity index (χ4v) is 5.97. The SMILES string of the molecule is O=S(=O)(C[C@H]1Cc2ccc(Cn3cc(CO)c(C(F)(F)F)n3)cc2C1)C1CC1. The summed E-state index contributed by atoms with van der Waals surface area (Å²) >= 11 is 0. The van der Waals surface area contributed by atoms with Crippen molar-refractivity contribution in [1.82, 2.24) is 9.78 Å². The van der Waals surface area contributed by atoms with Crippen LogP contribution < -0.4 is 0 Å². The molecule has 2 aliphatic carbocycles. The molecule has 9 heteroatoms. The van der Waals surface area contributed by atoms with Crippen molar-refractivity contribution in [2.45, 2.75) is 50.3 Å². The minimum Gasteiger partial charge on any atom is -0.392 e. The minimum atomic E-state index is -4.61. The van der Waals surface area contributed by atoms with Gasteiger partial charge in [-0.3, -0.25) is 4.68 Å². The molecule has 0 bridgehead atoms. The lowest BCUT2D eigenvalue weighted by molar-refractivity contribution is -0.142. The smallest absolute Gasteiger partial charge is 0.392 e. The van der Waals surface area contributed by atoms with Gasteiger partial charge in [-0.15, -0.1) is 0 Å². The van der Waals surface area contributed by atoms with E-state index in [9.17, 15) is 21.6 Å². The second-order valence-electron chi connectivity index (χ2n) is 7.76. The highest BCUT2D eigenvalue weighted by Crippen LogP contribution is 2.35. The average molecular weight is 414 g/mol. The number of aliphatic hydroxyl groups is 1. The van der Waals surface area contributed by atoms with Crippen molar-refractivity contribution < 1.29 is 26.7 Å². The first-order valence-electron chi connectivity index (χ1n) is 9.22. The number of fused-ring (bicyclic) bond motifs is 1. The Balaban J connectivity index is 1.48. The Morgan fingerprint density at radius 1 is 1.18 bits per heavy atom. The lowest BCUT2D eigenvalue weighted by Crippen LogP contribution is -2.19. The van der Waals surface area contributed by atoms with Crippen LogP contribution in [0.1, 0.15) is 40.8 Å². The second kappa shape index (κ2) is 6.88. The average Bonchev–Trinajstić information content (AvgIpc) is 3.28. The fraction of sp³-hybridized carbons (Fsp3) is 0.526. The topological polar surface area (TPSA) is 72.2 Å². The number of hydrogen-bond donors (Lipinski definition) is 1. The van der Waals surface area contributed by atoms with Gasteiger partial charge in [0.25, 0.3) is 0 Å². The van der Waals surface area contributed by atoms with E-state index in [4.69, 9.17) is 5.11 Å². The third-order valence-corrected chi connectivity index (χ3v) is 7.83. The van der Waals surface area contributed by atoms with Crippen LogP contribution in [-0.2, 0) is 42.0 Å². The Morgan fingerprint density at radius 3 is 2.50 bits per heavy atom. The Kier molecular flexibility index (Phi) is 4.78. The lowest BCUT2D eigenvalue weighted by atomic mass is 10.1. The zero-order valence-electron chi connectivity index (χ0n) is 15.1. The second-order valence-corrected chi connectivity index (χ2v) is 10.1.